The molecule has 0 aliphatic heterocycles. The Bertz CT molecular complexity index is 1540. The Kier molecular flexibility index (Phi) is 8.56. The Morgan fingerprint density at radius 3 is 2.08 bits per heavy atom. The number of benzene rings is 4. The summed E-state index contributed by atoms with van der Waals surface area (Å²) in [6.45, 7) is 3.42. The monoisotopic (exact) mass is 544 g/mol. The number of ether oxygens (including phenoxy) is 2. The lowest BCUT2D eigenvalue weighted by atomic mass is 9.97. The molecule has 0 radical (unpaired) electrons. The maximum absolute atomic E-state index is 13.9. The highest BCUT2D eigenvalue weighted by Crippen LogP contribution is 2.34. The van der Waals surface area contributed by atoms with Crippen molar-refractivity contribution >= 4 is 21.6 Å². The van der Waals surface area contributed by atoms with Crippen molar-refractivity contribution in [3.8, 4) is 11.5 Å². The highest BCUT2D eigenvalue weighted by atomic mass is 32.2. The van der Waals surface area contributed by atoms with E-state index in [1.807, 2.05) is 68.4 Å². The number of carbonyl (C=O) groups excluding carboxylic acids is 1. The highest BCUT2D eigenvalue weighted by Gasteiger charge is 2.29. The van der Waals surface area contributed by atoms with E-state index in [0.717, 1.165) is 26.6 Å². The SMILES string of the molecule is COc1ccc(N(CC(=O)NC(c2ccccc2)c2cccc(C)c2)S(=O)(=O)c2ccc(C)cc2)cc1OC. The quantitative estimate of drug-likeness (QED) is 0.288. The maximum Gasteiger partial charge on any atom is 0.264 e. The average molecular weight is 545 g/mol. The number of nitrogens with one attached hydrogen (secondary N) is 1. The Labute approximate surface area is 230 Å². The molecule has 0 bridgehead atoms. The lowest BCUT2D eigenvalue weighted by molar-refractivity contribution is -0.120. The number of hydrogen-bond acceptors (Lipinski definition) is 5. The molecule has 0 saturated carbocycles. The normalized spacial score (nSPS) is 11.9. The Hall–Kier alpha value is -4.30. The topological polar surface area (TPSA) is 84.9 Å². The molecule has 1 amide bonds. The van der Waals surface area contributed by atoms with E-state index in [4.69, 9.17) is 9.47 Å². The number of hydrogen-bond donors (Lipinski definition) is 1. The van der Waals surface area contributed by atoms with Crippen molar-refractivity contribution in [2.24, 2.45) is 0 Å². The molecule has 202 valence electrons. The molecule has 1 unspecified atom stereocenters. The van der Waals surface area contributed by atoms with Crippen LogP contribution in [0.15, 0.2) is 102 Å². The molecule has 4 aromatic carbocycles. The van der Waals surface area contributed by atoms with Crippen molar-refractivity contribution in [1.82, 2.24) is 5.32 Å². The Morgan fingerprint density at radius 2 is 1.44 bits per heavy atom. The summed E-state index contributed by atoms with van der Waals surface area (Å²) in [7, 11) is -1.13. The van der Waals surface area contributed by atoms with Gasteiger partial charge in [-0.25, -0.2) is 8.42 Å². The molecule has 0 spiro atoms. The van der Waals surface area contributed by atoms with Crippen molar-refractivity contribution in [3.63, 3.8) is 0 Å². The van der Waals surface area contributed by atoms with E-state index < -0.39 is 28.5 Å². The van der Waals surface area contributed by atoms with Gasteiger partial charge >= 0.3 is 0 Å². The van der Waals surface area contributed by atoms with Gasteiger partial charge in [0.2, 0.25) is 5.91 Å². The molecule has 0 aliphatic rings. The van der Waals surface area contributed by atoms with Crippen molar-refractivity contribution < 1.29 is 22.7 Å². The minimum absolute atomic E-state index is 0.0778. The highest BCUT2D eigenvalue weighted by molar-refractivity contribution is 7.92. The number of amides is 1. The number of aryl methyl sites for hydroxylation is 2. The third-order valence-corrected chi connectivity index (χ3v) is 8.15. The second kappa shape index (κ2) is 12.0. The van der Waals surface area contributed by atoms with Gasteiger partial charge < -0.3 is 14.8 Å². The molecule has 0 aliphatic carbocycles. The number of nitrogens with zero attached hydrogens (tertiary/aromatic N) is 1. The zero-order valence-electron chi connectivity index (χ0n) is 22.4. The zero-order chi connectivity index (χ0) is 28.0. The largest absolute Gasteiger partial charge is 0.493 e. The number of rotatable bonds is 10. The van der Waals surface area contributed by atoms with Gasteiger partial charge in [-0.1, -0.05) is 77.9 Å². The molecule has 1 N–H and O–H groups in total. The van der Waals surface area contributed by atoms with E-state index in [-0.39, 0.29) is 10.6 Å². The summed E-state index contributed by atoms with van der Waals surface area (Å²) in [5, 5.41) is 3.06. The molecular weight excluding hydrogens is 512 g/mol. The Balaban J connectivity index is 1.73. The molecule has 0 heterocycles. The van der Waals surface area contributed by atoms with Crippen LogP contribution in [0.4, 0.5) is 5.69 Å². The minimum Gasteiger partial charge on any atom is -0.493 e. The van der Waals surface area contributed by atoms with E-state index in [0.29, 0.717) is 11.5 Å². The van der Waals surface area contributed by atoms with E-state index in [1.54, 1.807) is 30.3 Å². The van der Waals surface area contributed by atoms with E-state index in [9.17, 15) is 13.2 Å². The first-order valence-corrected chi connectivity index (χ1v) is 13.9. The van der Waals surface area contributed by atoms with Gasteiger partial charge in [0, 0.05) is 6.07 Å². The second-order valence-electron chi connectivity index (χ2n) is 9.19. The van der Waals surface area contributed by atoms with E-state index in [1.165, 1.54) is 26.4 Å². The summed E-state index contributed by atoms with van der Waals surface area (Å²) in [5.41, 5.74) is 4.03. The van der Waals surface area contributed by atoms with Gasteiger partial charge in [-0.15, -0.1) is 0 Å². The fourth-order valence-corrected chi connectivity index (χ4v) is 5.74. The minimum atomic E-state index is -4.11. The summed E-state index contributed by atoms with van der Waals surface area (Å²) in [5.74, 6) is 0.333. The fraction of sp³-hybridized carbons (Fsp3) is 0.194. The van der Waals surface area contributed by atoms with Gasteiger partial charge in [0.1, 0.15) is 6.54 Å². The van der Waals surface area contributed by atoms with Crippen LogP contribution in [0.1, 0.15) is 28.3 Å². The van der Waals surface area contributed by atoms with Crippen LogP contribution in [0.3, 0.4) is 0 Å². The Morgan fingerprint density at radius 1 is 0.769 bits per heavy atom. The lowest BCUT2D eigenvalue weighted by Crippen LogP contribution is -2.42. The van der Waals surface area contributed by atoms with Gasteiger partial charge in [0.05, 0.1) is 30.8 Å². The van der Waals surface area contributed by atoms with Crippen LogP contribution in [0, 0.1) is 13.8 Å². The van der Waals surface area contributed by atoms with Gasteiger partial charge in [-0.3, -0.25) is 9.10 Å². The first-order valence-electron chi connectivity index (χ1n) is 12.4. The van der Waals surface area contributed by atoms with Crippen LogP contribution in [-0.2, 0) is 14.8 Å². The number of anilines is 1. The zero-order valence-corrected chi connectivity index (χ0v) is 23.2. The smallest absolute Gasteiger partial charge is 0.264 e. The van der Waals surface area contributed by atoms with E-state index in [2.05, 4.69) is 5.32 Å². The summed E-state index contributed by atoms with van der Waals surface area (Å²) in [4.78, 5) is 13.7. The van der Waals surface area contributed by atoms with Crippen LogP contribution in [-0.4, -0.2) is 35.1 Å². The fourth-order valence-electron chi connectivity index (χ4n) is 4.32. The third-order valence-electron chi connectivity index (χ3n) is 6.36. The van der Waals surface area contributed by atoms with Crippen molar-refractivity contribution in [2.45, 2.75) is 24.8 Å². The van der Waals surface area contributed by atoms with Crippen LogP contribution < -0.4 is 19.1 Å². The number of carbonyl (C=O) groups is 1. The molecule has 0 saturated heterocycles. The summed E-state index contributed by atoms with van der Waals surface area (Å²) in [6.07, 6.45) is 0. The van der Waals surface area contributed by atoms with Crippen LogP contribution in [0.2, 0.25) is 0 Å². The first-order chi connectivity index (χ1) is 18.7. The number of sulfonamides is 1. The summed E-state index contributed by atoms with van der Waals surface area (Å²) in [6, 6.07) is 28.3. The molecular formula is C31H32N2O5S. The van der Waals surface area contributed by atoms with Crippen molar-refractivity contribution in [2.75, 3.05) is 25.1 Å². The predicted molar refractivity (Wildman–Crippen MR) is 153 cm³/mol. The van der Waals surface area contributed by atoms with Gasteiger partial charge in [-0.2, -0.15) is 0 Å². The molecule has 4 rings (SSSR count). The summed E-state index contributed by atoms with van der Waals surface area (Å²) < 4.78 is 39.6. The van der Waals surface area contributed by atoms with Crippen LogP contribution in [0.25, 0.3) is 0 Å². The molecule has 1 atom stereocenters. The maximum atomic E-state index is 13.9. The standard InChI is InChI=1S/C31H32N2O5S/c1-22-13-16-27(17-14-22)39(35,36)33(26-15-18-28(37-3)29(20-26)38-4)21-30(34)32-31(24-10-6-5-7-11-24)25-12-8-9-23(2)19-25/h5-20,31H,21H2,1-4H3,(H,32,34). The van der Waals surface area contributed by atoms with Gasteiger partial charge in [-0.05, 0) is 49.2 Å². The second-order valence-corrected chi connectivity index (χ2v) is 11.1. The predicted octanol–water partition coefficient (Wildman–Crippen LogP) is 5.42. The molecule has 0 aromatic heterocycles. The number of methoxy groups -OCH3 is 2. The lowest BCUT2D eigenvalue weighted by Gasteiger charge is -2.27. The third kappa shape index (κ3) is 6.41. The molecule has 4 aromatic rings. The summed E-state index contributed by atoms with van der Waals surface area (Å²) >= 11 is 0. The van der Waals surface area contributed by atoms with E-state index >= 15 is 0 Å². The molecule has 0 fully saturated rings. The first kappa shape index (κ1) is 27.7. The average Bonchev–Trinajstić information content (AvgIpc) is 2.95. The van der Waals surface area contributed by atoms with Gasteiger partial charge in [0.15, 0.2) is 11.5 Å². The molecule has 7 nitrogen and oxygen atoms in total. The van der Waals surface area contributed by atoms with Gasteiger partial charge in [0.25, 0.3) is 10.0 Å². The van der Waals surface area contributed by atoms with Crippen LogP contribution >= 0.6 is 0 Å². The molecule has 39 heavy (non-hydrogen) atoms. The van der Waals surface area contributed by atoms with Crippen molar-refractivity contribution in [3.05, 3.63) is 119 Å². The molecule has 8 heteroatoms. The van der Waals surface area contributed by atoms with Crippen molar-refractivity contribution in [1.29, 1.82) is 0 Å². The van der Waals surface area contributed by atoms with Crippen LogP contribution in [0.5, 0.6) is 11.5 Å².